The van der Waals surface area contributed by atoms with Gasteiger partial charge in [0.15, 0.2) is 32.9 Å². The van der Waals surface area contributed by atoms with E-state index in [0.717, 1.165) is 0 Å². The summed E-state index contributed by atoms with van der Waals surface area (Å²) in [4.78, 5) is 0.0265. The molecule has 0 aliphatic heterocycles. The van der Waals surface area contributed by atoms with E-state index in [-0.39, 0.29) is 16.2 Å². The third-order valence-electron chi connectivity index (χ3n) is 5.34. The van der Waals surface area contributed by atoms with Crippen LogP contribution in [0.5, 0.6) is 28.7 Å². The van der Waals surface area contributed by atoms with Gasteiger partial charge in [-0.1, -0.05) is 24.3 Å². The Balaban J connectivity index is 2.06. The second-order valence-electron chi connectivity index (χ2n) is 7.38. The predicted molar refractivity (Wildman–Crippen MR) is 132 cm³/mol. The molecule has 3 aromatic carbocycles. The van der Waals surface area contributed by atoms with Gasteiger partial charge in [-0.3, -0.25) is 0 Å². The van der Waals surface area contributed by atoms with Crippen molar-refractivity contribution in [3.63, 3.8) is 0 Å². The van der Waals surface area contributed by atoms with Crippen molar-refractivity contribution in [2.45, 2.75) is 10.6 Å². The number of rotatable bonds is 10. The minimum Gasteiger partial charge on any atom is -0.497 e. The molecule has 186 valence electrons. The van der Waals surface area contributed by atoms with E-state index in [0.29, 0.717) is 34.1 Å². The average molecular weight is 503 g/mol. The van der Waals surface area contributed by atoms with Gasteiger partial charge in [-0.15, -0.1) is 0 Å². The highest BCUT2D eigenvalue weighted by Gasteiger charge is 2.22. The molecule has 0 aliphatic carbocycles. The Labute approximate surface area is 204 Å². The summed E-state index contributed by atoms with van der Waals surface area (Å²) in [7, 11) is 3.39. The summed E-state index contributed by atoms with van der Waals surface area (Å²) in [5.74, 6) is 0.365. The van der Waals surface area contributed by atoms with Crippen LogP contribution in [0.4, 0.5) is 4.39 Å². The van der Waals surface area contributed by atoms with Crippen molar-refractivity contribution in [1.82, 2.24) is 0 Å². The first kappa shape index (κ1) is 25.9. The van der Waals surface area contributed by atoms with E-state index in [1.54, 1.807) is 42.5 Å². The van der Waals surface area contributed by atoms with Gasteiger partial charge >= 0.3 is 0 Å². The zero-order valence-electron chi connectivity index (χ0n) is 20.1. The summed E-state index contributed by atoms with van der Waals surface area (Å²) in [5.41, 5.74) is 1.04. The highest BCUT2D eigenvalue weighted by atomic mass is 32.2. The van der Waals surface area contributed by atoms with E-state index in [1.165, 1.54) is 53.7 Å². The molecule has 0 heterocycles. The maximum absolute atomic E-state index is 15.3. The molecular weight excluding hydrogens is 475 g/mol. The Morgan fingerprint density at radius 3 is 2.00 bits per heavy atom. The average Bonchev–Trinajstić information content (AvgIpc) is 2.88. The van der Waals surface area contributed by atoms with Crippen LogP contribution in [-0.4, -0.2) is 44.0 Å². The molecule has 7 nitrogen and oxygen atoms in total. The zero-order chi connectivity index (χ0) is 25.6. The van der Waals surface area contributed by atoms with Crippen LogP contribution in [0.2, 0.25) is 0 Å². The molecule has 0 aromatic heterocycles. The fraction of sp³-hybridized carbons (Fsp3) is 0.231. The predicted octanol–water partition coefficient (Wildman–Crippen LogP) is 5.01. The first-order valence-electron chi connectivity index (χ1n) is 10.5. The highest BCUT2D eigenvalue weighted by molar-refractivity contribution is 7.90. The van der Waals surface area contributed by atoms with Crippen LogP contribution >= 0.6 is 0 Å². The zero-order valence-corrected chi connectivity index (χ0v) is 20.9. The molecule has 0 N–H and O–H groups in total. The van der Waals surface area contributed by atoms with Gasteiger partial charge in [0.1, 0.15) is 5.75 Å². The van der Waals surface area contributed by atoms with E-state index < -0.39 is 21.4 Å². The van der Waals surface area contributed by atoms with E-state index in [9.17, 15) is 8.42 Å². The lowest BCUT2D eigenvalue weighted by molar-refractivity contribution is 0.324. The highest BCUT2D eigenvalue weighted by Crippen LogP contribution is 2.39. The van der Waals surface area contributed by atoms with Crippen molar-refractivity contribution < 1.29 is 36.5 Å². The molecule has 0 spiro atoms. The molecule has 0 atom stereocenters. The molecule has 35 heavy (non-hydrogen) atoms. The Morgan fingerprint density at radius 2 is 1.43 bits per heavy atom. The monoisotopic (exact) mass is 502 g/mol. The molecule has 0 unspecified atom stereocenters. The number of halogens is 1. The fourth-order valence-electron chi connectivity index (χ4n) is 3.53. The number of ether oxygens (including phenoxy) is 5. The van der Waals surface area contributed by atoms with E-state index in [4.69, 9.17) is 23.7 Å². The van der Waals surface area contributed by atoms with Gasteiger partial charge in [0.05, 0.1) is 46.2 Å². The maximum Gasteiger partial charge on any atom is 0.203 e. The molecule has 0 saturated heterocycles. The minimum atomic E-state index is -3.90. The summed E-state index contributed by atoms with van der Waals surface area (Å²) in [6.07, 6.45) is 3.33. The lowest BCUT2D eigenvalue weighted by atomic mass is 10.1. The van der Waals surface area contributed by atoms with Gasteiger partial charge in [0.25, 0.3) is 0 Å². The normalized spacial score (nSPS) is 11.4. The number of hydrogen-bond donors (Lipinski definition) is 0. The Morgan fingerprint density at radius 1 is 0.771 bits per heavy atom. The van der Waals surface area contributed by atoms with Crippen molar-refractivity contribution in [3.05, 3.63) is 71.0 Å². The summed E-state index contributed by atoms with van der Waals surface area (Å²) in [6, 6.07) is 12.6. The largest absolute Gasteiger partial charge is 0.497 e. The van der Waals surface area contributed by atoms with Gasteiger partial charge < -0.3 is 23.7 Å². The van der Waals surface area contributed by atoms with Crippen LogP contribution < -0.4 is 23.7 Å². The van der Waals surface area contributed by atoms with Crippen LogP contribution in [0.3, 0.4) is 0 Å². The Kier molecular flexibility index (Phi) is 8.24. The SMILES string of the molecule is COc1cccc(S(=O)(=O)Cc2c(/C=C\c3cc(OC)c(OC)c(OC)c3)ccc(OC)c2F)c1. The smallest absolute Gasteiger partial charge is 0.203 e. The van der Waals surface area contributed by atoms with Crippen LogP contribution in [-0.2, 0) is 15.6 Å². The van der Waals surface area contributed by atoms with Crippen molar-refractivity contribution in [2.24, 2.45) is 0 Å². The molecule has 9 heteroatoms. The van der Waals surface area contributed by atoms with Gasteiger partial charge in [-0.2, -0.15) is 0 Å². The van der Waals surface area contributed by atoms with Crippen molar-refractivity contribution >= 4 is 22.0 Å². The van der Waals surface area contributed by atoms with Crippen molar-refractivity contribution in [3.8, 4) is 28.7 Å². The topological polar surface area (TPSA) is 80.3 Å². The van der Waals surface area contributed by atoms with Crippen LogP contribution in [0.15, 0.2) is 53.4 Å². The number of sulfone groups is 1. The summed E-state index contributed by atoms with van der Waals surface area (Å²) in [5, 5.41) is 0. The first-order valence-corrected chi connectivity index (χ1v) is 12.1. The standard InChI is InChI=1S/C26H27FO7S/c1-30-19-7-6-8-20(15-19)35(28,29)16-21-18(11-12-22(31-2)25(21)27)10-9-17-13-23(32-3)26(34-5)24(14-17)33-4/h6-15H,16H2,1-5H3/b10-9-. The van der Waals surface area contributed by atoms with Crippen LogP contribution in [0.1, 0.15) is 16.7 Å². The molecule has 0 bridgehead atoms. The molecule has 3 aromatic rings. The molecule has 0 amide bonds. The molecule has 0 radical (unpaired) electrons. The number of methoxy groups -OCH3 is 5. The minimum absolute atomic E-state index is 0.0177. The quantitative estimate of drug-likeness (QED) is 0.361. The molecule has 0 saturated carbocycles. The lowest BCUT2D eigenvalue weighted by Crippen LogP contribution is -2.09. The molecule has 3 rings (SSSR count). The maximum atomic E-state index is 15.3. The van der Waals surface area contributed by atoms with Gasteiger partial charge in [-0.05, 0) is 47.5 Å². The molecule has 0 fully saturated rings. The second-order valence-corrected chi connectivity index (χ2v) is 9.37. The van der Waals surface area contributed by atoms with Crippen LogP contribution in [0, 0.1) is 5.82 Å². The second kappa shape index (κ2) is 11.1. The van der Waals surface area contributed by atoms with E-state index >= 15 is 4.39 Å². The third-order valence-corrected chi connectivity index (χ3v) is 6.98. The Bertz CT molecular complexity index is 1310. The molecular formula is C26H27FO7S. The van der Waals surface area contributed by atoms with Gasteiger partial charge in [-0.25, -0.2) is 12.8 Å². The van der Waals surface area contributed by atoms with Gasteiger partial charge in [0, 0.05) is 5.56 Å². The Hall–Kier alpha value is -3.72. The summed E-state index contributed by atoms with van der Waals surface area (Å²) >= 11 is 0. The fourth-order valence-corrected chi connectivity index (χ4v) is 4.95. The van der Waals surface area contributed by atoms with Crippen LogP contribution in [0.25, 0.3) is 12.2 Å². The number of benzene rings is 3. The van der Waals surface area contributed by atoms with Gasteiger partial charge in [0.2, 0.25) is 5.75 Å². The molecule has 0 aliphatic rings. The summed E-state index contributed by atoms with van der Waals surface area (Å²) in [6.45, 7) is 0. The van der Waals surface area contributed by atoms with Crippen molar-refractivity contribution in [2.75, 3.05) is 35.5 Å². The number of hydrogen-bond acceptors (Lipinski definition) is 7. The van der Waals surface area contributed by atoms with E-state index in [2.05, 4.69) is 0 Å². The summed E-state index contributed by atoms with van der Waals surface area (Å²) < 4.78 is 67.9. The lowest BCUT2D eigenvalue weighted by Gasteiger charge is -2.14. The van der Waals surface area contributed by atoms with E-state index in [1.807, 2.05) is 0 Å². The van der Waals surface area contributed by atoms with Crippen molar-refractivity contribution in [1.29, 1.82) is 0 Å². The third kappa shape index (κ3) is 5.68. The first-order chi connectivity index (χ1) is 16.8.